The minimum atomic E-state index is -3.38. The number of oxazole rings is 1. The molecule has 1 N–H and O–H groups in total. The van der Waals surface area contributed by atoms with E-state index in [2.05, 4.69) is 15.3 Å². The molecule has 0 saturated carbocycles. The van der Waals surface area contributed by atoms with Gasteiger partial charge in [-0.15, -0.1) is 0 Å². The molecular weight excluding hydrogens is 523 g/mol. The molecule has 1 amide bonds. The molecule has 11 heteroatoms. The zero-order chi connectivity index (χ0) is 27.0. The second-order valence-corrected chi connectivity index (χ2v) is 11.4. The van der Waals surface area contributed by atoms with Crippen LogP contribution in [-0.4, -0.2) is 47.3 Å². The normalized spacial score (nSPS) is 13.9. The third-order valence-corrected chi connectivity index (χ3v) is 8.75. The fraction of sp³-hybridized carbons (Fsp3) is 0.179. The molecule has 2 aromatic carbocycles. The van der Waals surface area contributed by atoms with Crippen LogP contribution in [0.25, 0.3) is 33.6 Å². The summed E-state index contributed by atoms with van der Waals surface area (Å²) in [5.74, 6) is -0.300. The van der Waals surface area contributed by atoms with Crippen molar-refractivity contribution in [3.63, 3.8) is 0 Å². The summed E-state index contributed by atoms with van der Waals surface area (Å²) in [7, 11) is -3.38. The molecular formula is C28H23FN4O5S. The van der Waals surface area contributed by atoms with Crippen molar-refractivity contribution in [1.29, 1.82) is 0 Å². The van der Waals surface area contributed by atoms with E-state index >= 15 is 0 Å². The van der Waals surface area contributed by atoms with Crippen LogP contribution in [0.2, 0.25) is 0 Å². The number of hydrogen-bond acceptors (Lipinski definition) is 7. The van der Waals surface area contributed by atoms with Gasteiger partial charge in [-0.1, -0.05) is 18.2 Å². The molecule has 198 valence electrons. The zero-order valence-electron chi connectivity index (χ0n) is 20.6. The average molecular weight is 547 g/mol. The summed E-state index contributed by atoms with van der Waals surface area (Å²) in [5.41, 5.74) is 3.56. The van der Waals surface area contributed by atoms with E-state index in [9.17, 15) is 17.6 Å². The van der Waals surface area contributed by atoms with Gasteiger partial charge in [0, 0.05) is 22.7 Å². The lowest BCUT2D eigenvalue weighted by atomic mass is 10.1. The Hall–Kier alpha value is -4.35. The van der Waals surface area contributed by atoms with Gasteiger partial charge in [0.1, 0.15) is 29.6 Å². The predicted molar refractivity (Wildman–Crippen MR) is 141 cm³/mol. The van der Waals surface area contributed by atoms with Gasteiger partial charge in [0.2, 0.25) is 11.8 Å². The van der Waals surface area contributed by atoms with Crippen molar-refractivity contribution in [2.24, 2.45) is 0 Å². The SMILES string of the molecule is O=C(Cn1c(-c2ncco2)cc2cc(F)ccc21)NCc1ccc(-c2ccc(S(=O)(=O)C3COC3)cc2)cn1. The lowest BCUT2D eigenvalue weighted by Crippen LogP contribution is -2.40. The summed E-state index contributed by atoms with van der Waals surface area (Å²) in [6, 6.07) is 16.5. The highest BCUT2D eigenvalue weighted by Crippen LogP contribution is 2.28. The molecule has 0 atom stereocenters. The number of halogens is 1. The minimum Gasteiger partial charge on any atom is -0.443 e. The Balaban J connectivity index is 1.12. The smallest absolute Gasteiger partial charge is 0.243 e. The van der Waals surface area contributed by atoms with Gasteiger partial charge in [0.25, 0.3) is 0 Å². The first-order valence-electron chi connectivity index (χ1n) is 12.2. The molecule has 9 nitrogen and oxygen atoms in total. The van der Waals surface area contributed by atoms with Gasteiger partial charge in [0.15, 0.2) is 9.84 Å². The predicted octanol–water partition coefficient (Wildman–Crippen LogP) is 3.99. The van der Waals surface area contributed by atoms with Crippen molar-refractivity contribution in [3.05, 3.63) is 90.8 Å². The number of pyridine rings is 1. The van der Waals surface area contributed by atoms with E-state index in [1.807, 2.05) is 6.07 Å². The molecule has 0 bridgehead atoms. The Morgan fingerprint density at radius 3 is 2.49 bits per heavy atom. The summed E-state index contributed by atoms with van der Waals surface area (Å²) in [5, 5.41) is 3.02. The van der Waals surface area contributed by atoms with Gasteiger partial charge in [0.05, 0.1) is 36.5 Å². The van der Waals surface area contributed by atoms with Gasteiger partial charge < -0.3 is 19.0 Å². The number of ether oxygens (including phenoxy) is 1. The molecule has 5 aromatic rings. The van der Waals surface area contributed by atoms with Crippen molar-refractivity contribution < 1.29 is 26.8 Å². The molecule has 4 heterocycles. The largest absolute Gasteiger partial charge is 0.443 e. The van der Waals surface area contributed by atoms with Crippen molar-refractivity contribution >= 4 is 26.6 Å². The molecule has 1 saturated heterocycles. The number of amides is 1. The molecule has 0 unspecified atom stereocenters. The van der Waals surface area contributed by atoms with Crippen LogP contribution in [0.3, 0.4) is 0 Å². The van der Waals surface area contributed by atoms with Crippen LogP contribution in [0.15, 0.2) is 88.6 Å². The maximum absolute atomic E-state index is 13.8. The number of aromatic nitrogens is 3. The number of carbonyl (C=O) groups excluding carboxylic acids is 1. The lowest BCUT2D eigenvalue weighted by Gasteiger charge is -2.25. The number of sulfone groups is 1. The fourth-order valence-corrected chi connectivity index (χ4v) is 5.90. The number of nitrogens with zero attached hydrogens (tertiary/aromatic N) is 3. The van der Waals surface area contributed by atoms with E-state index in [4.69, 9.17) is 9.15 Å². The number of rotatable bonds is 8. The highest BCUT2D eigenvalue weighted by atomic mass is 32.2. The highest BCUT2D eigenvalue weighted by Gasteiger charge is 2.33. The molecule has 0 spiro atoms. The Morgan fingerprint density at radius 1 is 1.03 bits per heavy atom. The summed E-state index contributed by atoms with van der Waals surface area (Å²) in [6.07, 6.45) is 4.63. The summed E-state index contributed by atoms with van der Waals surface area (Å²) in [4.78, 5) is 21.7. The van der Waals surface area contributed by atoms with Gasteiger partial charge in [-0.3, -0.25) is 9.78 Å². The van der Waals surface area contributed by atoms with E-state index in [1.165, 1.54) is 24.6 Å². The second kappa shape index (κ2) is 10.1. The number of carbonyl (C=O) groups is 1. The summed E-state index contributed by atoms with van der Waals surface area (Å²) in [6.45, 7) is 0.655. The third-order valence-electron chi connectivity index (χ3n) is 6.67. The molecule has 0 radical (unpaired) electrons. The zero-order valence-corrected chi connectivity index (χ0v) is 21.4. The van der Waals surface area contributed by atoms with Crippen LogP contribution in [0.4, 0.5) is 4.39 Å². The van der Waals surface area contributed by atoms with Gasteiger partial charge in [-0.05, 0) is 48.0 Å². The Morgan fingerprint density at radius 2 is 1.82 bits per heavy atom. The van der Waals surface area contributed by atoms with Gasteiger partial charge >= 0.3 is 0 Å². The van der Waals surface area contributed by atoms with E-state index in [0.717, 1.165) is 11.1 Å². The fourth-order valence-electron chi connectivity index (χ4n) is 4.45. The quantitative estimate of drug-likeness (QED) is 0.313. The first-order valence-corrected chi connectivity index (χ1v) is 13.8. The molecule has 39 heavy (non-hydrogen) atoms. The number of benzene rings is 2. The van der Waals surface area contributed by atoms with Crippen molar-refractivity contribution in [1.82, 2.24) is 19.9 Å². The summed E-state index contributed by atoms with van der Waals surface area (Å²) >= 11 is 0. The van der Waals surface area contributed by atoms with Crippen LogP contribution in [0.1, 0.15) is 5.69 Å². The molecule has 1 aliphatic rings. The third kappa shape index (κ3) is 4.93. The van der Waals surface area contributed by atoms with Gasteiger partial charge in [-0.25, -0.2) is 17.8 Å². The maximum Gasteiger partial charge on any atom is 0.243 e. The monoisotopic (exact) mass is 546 g/mol. The highest BCUT2D eigenvalue weighted by molar-refractivity contribution is 7.92. The topological polar surface area (TPSA) is 116 Å². The molecule has 0 aliphatic carbocycles. The molecule has 1 fully saturated rings. The van der Waals surface area contributed by atoms with E-state index in [-0.39, 0.29) is 42.9 Å². The van der Waals surface area contributed by atoms with Crippen LogP contribution >= 0.6 is 0 Å². The number of fused-ring (bicyclic) bond motifs is 1. The van der Waals surface area contributed by atoms with E-state index in [0.29, 0.717) is 28.2 Å². The van der Waals surface area contributed by atoms with E-state index in [1.54, 1.807) is 53.2 Å². The summed E-state index contributed by atoms with van der Waals surface area (Å²) < 4.78 is 51.0. The Bertz CT molecular complexity index is 1740. The Kier molecular flexibility index (Phi) is 6.45. The second-order valence-electron chi connectivity index (χ2n) is 9.20. The van der Waals surface area contributed by atoms with Crippen LogP contribution in [-0.2, 0) is 32.5 Å². The van der Waals surface area contributed by atoms with Crippen LogP contribution in [0.5, 0.6) is 0 Å². The molecule has 1 aliphatic heterocycles. The van der Waals surface area contributed by atoms with Crippen molar-refractivity contribution in [2.75, 3.05) is 13.2 Å². The van der Waals surface area contributed by atoms with Crippen LogP contribution < -0.4 is 5.32 Å². The first kappa shape index (κ1) is 25.0. The lowest BCUT2D eigenvalue weighted by molar-refractivity contribution is -0.121. The standard InChI is InChI=1S/C28H23FN4O5S/c29-21-4-8-25-20(11-21)12-26(28-30-9-10-38-28)33(25)15-27(34)32-14-22-5-1-19(13-31-22)18-2-6-23(7-3-18)39(35,36)24-16-37-17-24/h1-13,24H,14-17H2,(H,32,34). The number of hydrogen-bond donors (Lipinski definition) is 1. The maximum atomic E-state index is 13.8. The van der Waals surface area contributed by atoms with Crippen molar-refractivity contribution in [3.8, 4) is 22.7 Å². The first-order chi connectivity index (χ1) is 18.9. The van der Waals surface area contributed by atoms with Crippen molar-refractivity contribution in [2.45, 2.75) is 23.2 Å². The number of nitrogens with one attached hydrogen (secondary N) is 1. The molecule has 6 rings (SSSR count). The van der Waals surface area contributed by atoms with Gasteiger partial charge in [-0.2, -0.15) is 0 Å². The average Bonchev–Trinajstić information content (AvgIpc) is 3.55. The van der Waals surface area contributed by atoms with Crippen LogP contribution in [0, 0.1) is 5.82 Å². The Labute approximate surface area is 223 Å². The minimum absolute atomic E-state index is 0.0207. The van der Waals surface area contributed by atoms with E-state index < -0.39 is 15.1 Å². The molecule has 3 aromatic heterocycles.